The number of halogens is 1. The van der Waals surface area contributed by atoms with E-state index in [0.717, 1.165) is 32.8 Å². The molecule has 2 fully saturated rings. The minimum absolute atomic E-state index is 0.0305. The van der Waals surface area contributed by atoms with Gasteiger partial charge in [-0.25, -0.2) is 0 Å². The van der Waals surface area contributed by atoms with Gasteiger partial charge in [0, 0.05) is 37.2 Å². The molecule has 0 aromatic heterocycles. The molecule has 6 nitrogen and oxygen atoms in total. The summed E-state index contributed by atoms with van der Waals surface area (Å²) in [6, 6.07) is 4.24. The fourth-order valence-corrected chi connectivity index (χ4v) is 2.87. The van der Waals surface area contributed by atoms with Crippen molar-refractivity contribution in [1.82, 2.24) is 4.90 Å². The van der Waals surface area contributed by atoms with Crippen LogP contribution in [-0.4, -0.2) is 49.3 Å². The first kappa shape index (κ1) is 13.6. The summed E-state index contributed by atoms with van der Waals surface area (Å²) in [5, 5.41) is 10.9. The van der Waals surface area contributed by atoms with E-state index in [1.54, 1.807) is 0 Å². The van der Waals surface area contributed by atoms with Crippen LogP contribution in [0, 0.1) is 15.5 Å². The Balaban J connectivity index is 1.45. The Morgan fingerprint density at radius 1 is 1.45 bits per heavy atom. The van der Waals surface area contributed by atoms with Gasteiger partial charge in [-0.1, -0.05) is 11.6 Å². The molecule has 0 radical (unpaired) electrons. The molecular weight excluding hydrogens is 284 g/mol. The molecule has 3 rings (SSSR count). The second-order valence-corrected chi connectivity index (χ2v) is 5.83. The van der Waals surface area contributed by atoms with E-state index in [-0.39, 0.29) is 10.7 Å². The zero-order valence-electron chi connectivity index (χ0n) is 10.9. The van der Waals surface area contributed by atoms with Crippen molar-refractivity contribution in [2.45, 2.75) is 0 Å². The van der Waals surface area contributed by atoms with E-state index in [2.05, 4.69) is 4.90 Å². The van der Waals surface area contributed by atoms with Crippen molar-refractivity contribution in [2.24, 2.45) is 5.41 Å². The van der Waals surface area contributed by atoms with E-state index >= 15 is 0 Å². The Hall–Kier alpha value is -1.37. The van der Waals surface area contributed by atoms with Gasteiger partial charge in [0.1, 0.15) is 12.4 Å². The number of hydrogen-bond donors (Lipinski definition) is 0. The van der Waals surface area contributed by atoms with Gasteiger partial charge < -0.3 is 9.47 Å². The number of nitro groups is 1. The van der Waals surface area contributed by atoms with Crippen LogP contribution in [0.1, 0.15) is 0 Å². The molecule has 1 spiro atoms. The molecule has 2 saturated heterocycles. The summed E-state index contributed by atoms with van der Waals surface area (Å²) >= 11 is 5.95. The molecule has 2 aliphatic rings. The van der Waals surface area contributed by atoms with Gasteiger partial charge in [-0.15, -0.1) is 0 Å². The molecule has 1 aromatic carbocycles. The van der Waals surface area contributed by atoms with Crippen molar-refractivity contribution in [3.63, 3.8) is 0 Å². The smallest absolute Gasteiger partial charge is 0.271 e. The zero-order chi connectivity index (χ0) is 14.2. The van der Waals surface area contributed by atoms with Crippen LogP contribution in [0.4, 0.5) is 5.69 Å². The van der Waals surface area contributed by atoms with Gasteiger partial charge in [-0.05, 0) is 6.07 Å². The third-order valence-corrected chi connectivity index (χ3v) is 4.02. The Morgan fingerprint density at radius 2 is 2.20 bits per heavy atom. The van der Waals surface area contributed by atoms with Crippen LogP contribution in [0.25, 0.3) is 0 Å². The first-order valence-corrected chi connectivity index (χ1v) is 6.83. The SMILES string of the molecule is O=[N+]([O-])c1ccc(OCCN2CC3(COC3)C2)c(Cl)c1. The molecule has 0 bridgehead atoms. The quantitative estimate of drug-likeness (QED) is 0.614. The van der Waals surface area contributed by atoms with E-state index < -0.39 is 4.92 Å². The molecule has 0 unspecified atom stereocenters. The van der Waals surface area contributed by atoms with Gasteiger partial charge in [0.2, 0.25) is 0 Å². The molecule has 0 saturated carbocycles. The summed E-state index contributed by atoms with van der Waals surface area (Å²) in [6.07, 6.45) is 0. The second kappa shape index (κ2) is 5.20. The van der Waals surface area contributed by atoms with Gasteiger partial charge in [0.15, 0.2) is 0 Å². The van der Waals surface area contributed by atoms with Crippen molar-refractivity contribution in [2.75, 3.05) is 39.5 Å². The number of hydrogen-bond acceptors (Lipinski definition) is 5. The summed E-state index contributed by atoms with van der Waals surface area (Å²) in [5.74, 6) is 0.486. The zero-order valence-corrected chi connectivity index (χ0v) is 11.6. The van der Waals surface area contributed by atoms with Crippen LogP contribution in [0.3, 0.4) is 0 Å². The maximum Gasteiger partial charge on any atom is 0.271 e. The minimum Gasteiger partial charge on any atom is -0.491 e. The highest BCUT2D eigenvalue weighted by Gasteiger charge is 2.48. The number of benzene rings is 1. The summed E-state index contributed by atoms with van der Waals surface area (Å²) in [4.78, 5) is 12.4. The summed E-state index contributed by atoms with van der Waals surface area (Å²) in [5.41, 5.74) is 0.377. The second-order valence-electron chi connectivity index (χ2n) is 5.42. The molecule has 1 aromatic rings. The van der Waals surface area contributed by atoms with Crippen molar-refractivity contribution in [3.8, 4) is 5.75 Å². The predicted octanol–water partition coefficient (Wildman–Crippen LogP) is 1.96. The average Bonchev–Trinajstić information content (AvgIpc) is 2.31. The molecule has 2 heterocycles. The molecule has 0 aliphatic carbocycles. The van der Waals surface area contributed by atoms with Crippen molar-refractivity contribution in [3.05, 3.63) is 33.3 Å². The van der Waals surface area contributed by atoms with Crippen LogP contribution in [-0.2, 0) is 4.74 Å². The topological polar surface area (TPSA) is 64.8 Å². The van der Waals surface area contributed by atoms with Crippen molar-refractivity contribution >= 4 is 17.3 Å². The minimum atomic E-state index is -0.476. The van der Waals surface area contributed by atoms with Gasteiger partial charge >= 0.3 is 0 Å². The molecular formula is C13H15ClN2O4. The highest BCUT2D eigenvalue weighted by atomic mass is 35.5. The number of ether oxygens (including phenoxy) is 2. The van der Waals surface area contributed by atoms with E-state index in [1.165, 1.54) is 18.2 Å². The Labute approximate surface area is 121 Å². The Bertz CT molecular complexity index is 525. The maximum absolute atomic E-state index is 10.6. The van der Waals surface area contributed by atoms with Gasteiger partial charge in [0.25, 0.3) is 5.69 Å². The Morgan fingerprint density at radius 3 is 2.75 bits per heavy atom. The van der Waals surface area contributed by atoms with E-state index in [4.69, 9.17) is 21.1 Å². The largest absolute Gasteiger partial charge is 0.491 e. The molecule has 7 heteroatoms. The lowest BCUT2D eigenvalue weighted by Gasteiger charge is -2.55. The van der Waals surface area contributed by atoms with Crippen LogP contribution < -0.4 is 4.74 Å². The average molecular weight is 299 g/mol. The Kier molecular flexibility index (Phi) is 3.54. The number of nitrogens with zero attached hydrogens (tertiary/aromatic N) is 2. The number of nitro benzene ring substituents is 1. The van der Waals surface area contributed by atoms with Crippen LogP contribution >= 0.6 is 11.6 Å². The van der Waals surface area contributed by atoms with E-state index in [0.29, 0.717) is 17.8 Å². The van der Waals surface area contributed by atoms with E-state index in [9.17, 15) is 10.1 Å². The summed E-state index contributed by atoms with van der Waals surface area (Å²) in [7, 11) is 0. The lowest BCUT2D eigenvalue weighted by atomic mass is 9.78. The van der Waals surface area contributed by atoms with Crippen molar-refractivity contribution < 1.29 is 14.4 Å². The van der Waals surface area contributed by atoms with Gasteiger partial charge in [-0.2, -0.15) is 0 Å². The summed E-state index contributed by atoms with van der Waals surface area (Å²) in [6.45, 7) is 5.22. The molecule has 0 atom stereocenters. The third kappa shape index (κ3) is 2.59. The first-order valence-electron chi connectivity index (χ1n) is 6.45. The molecule has 2 aliphatic heterocycles. The number of likely N-dealkylation sites (tertiary alicyclic amines) is 1. The van der Waals surface area contributed by atoms with Gasteiger partial charge in [-0.3, -0.25) is 15.0 Å². The molecule has 0 amide bonds. The highest BCUT2D eigenvalue weighted by Crippen LogP contribution is 2.37. The molecule has 0 N–H and O–H groups in total. The van der Waals surface area contributed by atoms with Gasteiger partial charge in [0.05, 0.1) is 23.2 Å². The first-order chi connectivity index (χ1) is 9.58. The number of rotatable bonds is 5. The fraction of sp³-hybridized carbons (Fsp3) is 0.538. The molecule has 108 valence electrons. The normalized spacial score (nSPS) is 20.2. The monoisotopic (exact) mass is 298 g/mol. The van der Waals surface area contributed by atoms with Crippen LogP contribution in [0.5, 0.6) is 5.75 Å². The maximum atomic E-state index is 10.6. The highest BCUT2D eigenvalue weighted by molar-refractivity contribution is 6.32. The standard InChI is InChI=1S/C13H15ClN2O4/c14-11-5-10(16(17)18)1-2-12(11)20-4-3-15-6-13(7-15)8-19-9-13/h1-2,5H,3-4,6-9H2. The van der Waals surface area contributed by atoms with Crippen LogP contribution in [0.15, 0.2) is 18.2 Å². The van der Waals surface area contributed by atoms with E-state index in [1.807, 2.05) is 0 Å². The molecule has 20 heavy (non-hydrogen) atoms. The predicted molar refractivity (Wildman–Crippen MR) is 73.3 cm³/mol. The third-order valence-electron chi connectivity index (χ3n) is 3.73. The lowest BCUT2D eigenvalue weighted by Crippen LogP contribution is -2.66. The van der Waals surface area contributed by atoms with Crippen LogP contribution in [0.2, 0.25) is 5.02 Å². The fourth-order valence-electron chi connectivity index (χ4n) is 2.64. The summed E-state index contributed by atoms with van der Waals surface area (Å²) < 4.78 is 10.8. The lowest BCUT2D eigenvalue weighted by molar-refractivity contribution is -0.384. The van der Waals surface area contributed by atoms with Crippen molar-refractivity contribution in [1.29, 1.82) is 0 Å². The number of non-ortho nitro benzene ring substituents is 1.